The van der Waals surface area contributed by atoms with E-state index in [-0.39, 0.29) is 11.8 Å². The molecule has 0 bridgehead atoms. The summed E-state index contributed by atoms with van der Waals surface area (Å²) in [5, 5.41) is 0. The zero-order chi connectivity index (χ0) is 15.4. The Bertz CT molecular complexity index is 626. The molecule has 0 unspecified atom stereocenters. The normalized spacial score (nSPS) is 15.0. The molecule has 1 aliphatic heterocycles. The van der Waals surface area contributed by atoms with Crippen molar-refractivity contribution in [1.82, 2.24) is 19.9 Å². The Morgan fingerprint density at radius 2 is 1.82 bits per heavy atom. The second-order valence-electron chi connectivity index (χ2n) is 4.98. The van der Waals surface area contributed by atoms with E-state index in [2.05, 4.69) is 19.9 Å². The molecular formula is C15H16ClN5O. The number of halogens is 1. The van der Waals surface area contributed by atoms with E-state index in [1.165, 1.54) is 0 Å². The van der Waals surface area contributed by atoms with Gasteiger partial charge in [-0.15, -0.1) is 11.6 Å². The predicted octanol–water partition coefficient (Wildman–Crippen LogP) is 1.43. The molecule has 7 heteroatoms. The smallest absolute Gasteiger partial charge is 0.237 e. The van der Waals surface area contributed by atoms with Crippen molar-refractivity contribution in [3.63, 3.8) is 0 Å². The van der Waals surface area contributed by atoms with Gasteiger partial charge in [0.25, 0.3) is 0 Å². The van der Waals surface area contributed by atoms with Crippen molar-refractivity contribution in [2.45, 2.75) is 0 Å². The van der Waals surface area contributed by atoms with E-state index in [1.807, 2.05) is 12.1 Å². The second-order valence-corrected chi connectivity index (χ2v) is 5.25. The van der Waals surface area contributed by atoms with Crippen LogP contribution in [0.25, 0.3) is 11.4 Å². The largest absolute Gasteiger partial charge is 0.353 e. The van der Waals surface area contributed by atoms with Crippen molar-refractivity contribution in [1.29, 1.82) is 0 Å². The maximum Gasteiger partial charge on any atom is 0.237 e. The Kier molecular flexibility index (Phi) is 4.48. The first-order chi connectivity index (χ1) is 10.8. The summed E-state index contributed by atoms with van der Waals surface area (Å²) in [4.78, 5) is 28.4. The van der Waals surface area contributed by atoms with E-state index < -0.39 is 0 Å². The summed E-state index contributed by atoms with van der Waals surface area (Å²) in [6.45, 7) is 2.88. The van der Waals surface area contributed by atoms with Gasteiger partial charge in [0, 0.05) is 50.3 Å². The number of piperazine rings is 1. The summed E-state index contributed by atoms with van der Waals surface area (Å²) in [5.74, 6) is 1.60. The van der Waals surface area contributed by atoms with Gasteiger partial charge in [0.05, 0.1) is 0 Å². The lowest BCUT2D eigenvalue weighted by Gasteiger charge is -2.35. The molecule has 0 spiro atoms. The highest BCUT2D eigenvalue weighted by molar-refractivity contribution is 6.27. The van der Waals surface area contributed by atoms with Crippen LogP contribution in [0.5, 0.6) is 0 Å². The SMILES string of the molecule is O=C(CCl)N1CCN(c2ccc(-c3ncccn3)cn2)CC1. The van der Waals surface area contributed by atoms with E-state index >= 15 is 0 Å². The lowest BCUT2D eigenvalue weighted by atomic mass is 10.2. The molecule has 2 aromatic heterocycles. The van der Waals surface area contributed by atoms with Gasteiger partial charge in [-0.2, -0.15) is 0 Å². The molecule has 0 aromatic carbocycles. The predicted molar refractivity (Wildman–Crippen MR) is 84.8 cm³/mol. The summed E-state index contributed by atoms with van der Waals surface area (Å²) in [6.07, 6.45) is 5.20. The molecule has 22 heavy (non-hydrogen) atoms. The first kappa shape index (κ1) is 14.7. The summed E-state index contributed by atoms with van der Waals surface area (Å²) >= 11 is 5.59. The molecule has 3 heterocycles. The quantitative estimate of drug-likeness (QED) is 0.801. The monoisotopic (exact) mass is 317 g/mol. The second kappa shape index (κ2) is 6.70. The van der Waals surface area contributed by atoms with Gasteiger partial charge in [0.1, 0.15) is 11.7 Å². The van der Waals surface area contributed by atoms with Crippen LogP contribution in [0.2, 0.25) is 0 Å². The van der Waals surface area contributed by atoms with Crippen LogP contribution in [0.4, 0.5) is 5.82 Å². The van der Waals surface area contributed by atoms with Crippen LogP contribution in [0.3, 0.4) is 0 Å². The lowest BCUT2D eigenvalue weighted by Crippen LogP contribution is -2.49. The average molecular weight is 318 g/mol. The number of nitrogens with zero attached hydrogens (tertiary/aromatic N) is 5. The molecule has 0 atom stereocenters. The zero-order valence-electron chi connectivity index (χ0n) is 12.0. The van der Waals surface area contributed by atoms with Crippen LogP contribution in [-0.4, -0.2) is 57.8 Å². The Morgan fingerprint density at radius 3 is 2.41 bits per heavy atom. The fraction of sp³-hybridized carbons (Fsp3) is 0.333. The summed E-state index contributed by atoms with van der Waals surface area (Å²) in [6, 6.07) is 5.71. The molecule has 3 rings (SSSR count). The first-order valence-corrected chi connectivity index (χ1v) is 7.63. The van der Waals surface area contributed by atoms with Crippen LogP contribution in [0.1, 0.15) is 0 Å². The van der Waals surface area contributed by atoms with Crippen LogP contribution < -0.4 is 4.90 Å². The van der Waals surface area contributed by atoms with Crippen molar-refractivity contribution in [2.24, 2.45) is 0 Å². The lowest BCUT2D eigenvalue weighted by molar-refractivity contribution is -0.128. The van der Waals surface area contributed by atoms with Gasteiger partial charge in [-0.3, -0.25) is 4.79 Å². The Hall–Kier alpha value is -2.21. The van der Waals surface area contributed by atoms with Crippen molar-refractivity contribution in [2.75, 3.05) is 37.0 Å². The Morgan fingerprint density at radius 1 is 1.09 bits per heavy atom. The molecule has 0 aliphatic carbocycles. The number of anilines is 1. The van der Waals surface area contributed by atoms with E-state index in [0.717, 1.165) is 24.5 Å². The third-order valence-electron chi connectivity index (χ3n) is 3.64. The molecule has 0 N–H and O–H groups in total. The molecular weight excluding hydrogens is 302 g/mol. The van der Waals surface area contributed by atoms with Crippen molar-refractivity contribution in [3.8, 4) is 11.4 Å². The van der Waals surface area contributed by atoms with Crippen LogP contribution in [0, 0.1) is 0 Å². The number of aromatic nitrogens is 3. The third kappa shape index (κ3) is 3.17. The molecule has 0 radical (unpaired) electrons. The van der Waals surface area contributed by atoms with Crippen molar-refractivity contribution >= 4 is 23.3 Å². The van der Waals surface area contributed by atoms with Crippen LogP contribution in [-0.2, 0) is 4.79 Å². The number of alkyl halides is 1. The molecule has 2 aromatic rings. The highest BCUT2D eigenvalue weighted by Crippen LogP contribution is 2.18. The first-order valence-electron chi connectivity index (χ1n) is 7.10. The molecule has 1 aliphatic rings. The van der Waals surface area contributed by atoms with Crippen molar-refractivity contribution in [3.05, 3.63) is 36.8 Å². The maximum atomic E-state index is 11.6. The number of amides is 1. The minimum absolute atomic E-state index is 0.00847. The van der Waals surface area contributed by atoms with Gasteiger partial charge in [-0.1, -0.05) is 0 Å². The van der Waals surface area contributed by atoms with Crippen LogP contribution in [0.15, 0.2) is 36.8 Å². The number of rotatable bonds is 3. The molecule has 114 valence electrons. The number of carbonyl (C=O) groups excluding carboxylic acids is 1. The van der Waals surface area contributed by atoms with Gasteiger partial charge in [0.15, 0.2) is 5.82 Å². The molecule has 1 saturated heterocycles. The highest BCUT2D eigenvalue weighted by Gasteiger charge is 2.21. The fourth-order valence-corrected chi connectivity index (χ4v) is 2.59. The third-order valence-corrected chi connectivity index (χ3v) is 3.87. The minimum atomic E-state index is -0.00847. The van der Waals surface area contributed by atoms with Gasteiger partial charge in [-0.25, -0.2) is 15.0 Å². The average Bonchev–Trinajstić information content (AvgIpc) is 2.62. The number of hydrogen-bond donors (Lipinski definition) is 0. The molecule has 6 nitrogen and oxygen atoms in total. The molecule has 1 fully saturated rings. The van der Waals surface area contributed by atoms with Gasteiger partial charge >= 0.3 is 0 Å². The van der Waals surface area contributed by atoms with E-state index in [4.69, 9.17) is 11.6 Å². The van der Waals surface area contributed by atoms with Gasteiger partial charge in [-0.05, 0) is 18.2 Å². The topological polar surface area (TPSA) is 62.2 Å². The van der Waals surface area contributed by atoms with Crippen LogP contribution >= 0.6 is 11.6 Å². The minimum Gasteiger partial charge on any atom is -0.353 e. The van der Waals surface area contributed by atoms with Gasteiger partial charge < -0.3 is 9.80 Å². The standard InChI is InChI=1S/C15H16ClN5O/c16-10-14(22)21-8-6-20(7-9-21)13-3-2-12(11-19-13)15-17-4-1-5-18-15/h1-5,11H,6-10H2. The van der Waals surface area contributed by atoms with E-state index in [1.54, 1.807) is 29.6 Å². The molecule has 1 amide bonds. The van der Waals surface area contributed by atoms with Gasteiger partial charge in [0.2, 0.25) is 5.91 Å². The van der Waals surface area contributed by atoms with E-state index in [9.17, 15) is 4.79 Å². The fourth-order valence-electron chi connectivity index (χ4n) is 2.42. The van der Waals surface area contributed by atoms with E-state index in [0.29, 0.717) is 18.9 Å². The maximum absolute atomic E-state index is 11.6. The number of hydrogen-bond acceptors (Lipinski definition) is 5. The van der Waals surface area contributed by atoms with Crippen molar-refractivity contribution < 1.29 is 4.79 Å². The summed E-state index contributed by atoms with van der Waals surface area (Å²) < 4.78 is 0. The highest BCUT2D eigenvalue weighted by atomic mass is 35.5. The summed E-state index contributed by atoms with van der Waals surface area (Å²) in [5.41, 5.74) is 0.889. The number of carbonyl (C=O) groups is 1. The molecule has 0 saturated carbocycles. The Balaban J connectivity index is 1.66. The zero-order valence-corrected chi connectivity index (χ0v) is 12.8. The summed E-state index contributed by atoms with van der Waals surface area (Å²) in [7, 11) is 0. The number of pyridine rings is 1. The Labute approximate surface area is 133 Å².